The van der Waals surface area contributed by atoms with E-state index in [0.29, 0.717) is 74.9 Å². The Morgan fingerprint density at radius 1 is 1.02 bits per heavy atom. The van der Waals surface area contributed by atoms with Gasteiger partial charge in [-0.25, -0.2) is 8.42 Å². The van der Waals surface area contributed by atoms with Gasteiger partial charge in [-0.15, -0.1) is 0 Å². The molecule has 43 heavy (non-hydrogen) atoms. The summed E-state index contributed by atoms with van der Waals surface area (Å²) < 4.78 is 45.1. The monoisotopic (exact) mass is 603 g/mol. The minimum atomic E-state index is -3.98. The highest BCUT2D eigenvalue weighted by molar-refractivity contribution is 7.89. The number of aryl methyl sites for hydroxylation is 1. The molecule has 0 saturated carbocycles. The molecular weight excluding hydrogens is 570 g/mol. The van der Waals surface area contributed by atoms with Crippen molar-refractivity contribution in [1.82, 2.24) is 9.71 Å². The van der Waals surface area contributed by atoms with E-state index in [2.05, 4.69) is 9.71 Å². The number of aromatic nitrogens is 1. The summed E-state index contributed by atoms with van der Waals surface area (Å²) in [5, 5.41) is 0.701. The van der Waals surface area contributed by atoms with Gasteiger partial charge in [0.25, 0.3) is 5.91 Å². The van der Waals surface area contributed by atoms with Crippen molar-refractivity contribution in [2.24, 2.45) is 0 Å². The summed E-state index contributed by atoms with van der Waals surface area (Å²) in [5.74, 6) is 0.232. The van der Waals surface area contributed by atoms with Crippen LogP contribution in [0.1, 0.15) is 46.5 Å². The maximum atomic E-state index is 13.9. The Morgan fingerprint density at radius 3 is 2.49 bits per heavy atom. The number of pyridine rings is 1. The smallest absolute Gasteiger partial charge is 0.262 e. The van der Waals surface area contributed by atoms with Gasteiger partial charge in [0, 0.05) is 28.4 Å². The summed E-state index contributed by atoms with van der Waals surface area (Å²) in [6.45, 7) is 6.57. The minimum absolute atomic E-state index is 0.142. The third-order valence-corrected chi connectivity index (χ3v) is 8.40. The third-order valence-electron chi connectivity index (χ3n) is 7.14. The average Bonchev–Trinajstić information content (AvgIpc) is 3.31. The summed E-state index contributed by atoms with van der Waals surface area (Å²) in [5.41, 5.74) is 4.16. The van der Waals surface area contributed by atoms with Crippen LogP contribution in [-0.2, 0) is 33.5 Å². The van der Waals surface area contributed by atoms with Crippen LogP contribution < -0.4 is 23.8 Å². The molecule has 0 spiro atoms. The lowest BCUT2D eigenvalue weighted by Gasteiger charge is -2.19. The predicted molar refractivity (Wildman–Crippen MR) is 163 cm³/mol. The number of ether oxygens (including phenoxy) is 3. The zero-order chi connectivity index (χ0) is 30.7. The summed E-state index contributed by atoms with van der Waals surface area (Å²) in [6, 6.07) is 15.7. The molecule has 2 amide bonds. The minimum Gasteiger partial charge on any atom is -0.496 e. The van der Waals surface area contributed by atoms with E-state index >= 15 is 0 Å². The van der Waals surface area contributed by atoms with Gasteiger partial charge in [-0.3, -0.25) is 19.3 Å². The number of methoxy groups -OCH3 is 1. The van der Waals surface area contributed by atoms with Gasteiger partial charge in [0.15, 0.2) is 5.75 Å². The van der Waals surface area contributed by atoms with E-state index in [9.17, 15) is 18.0 Å². The first-order valence-corrected chi connectivity index (χ1v) is 15.6. The van der Waals surface area contributed by atoms with Crippen molar-refractivity contribution >= 4 is 38.4 Å². The van der Waals surface area contributed by atoms with Crippen LogP contribution in [0.15, 0.2) is 60.8 Å². The van der Waals surface area contributed by atoms with Crippen molar-refractivity contribution in [3.05, 3.63) is 88.6 Å². The van der Waals surface area contributed by atoms with Crippen LogP contribution in [-0.4, -0.2) is 45.5 Å². The molecule has 1 aromatic heterocycles. The lowest BCUT2D eigenvalue weighted by Crippen LogP contribution is -2.33. The van der Waals surface area contributed by atoms with Crippen molar-refractivity contribution in [1.29, 1.82) is 0 Å². The lowest BCUT2D eigenvalue weighted by atomic mass is 10.0. The number of hydrogen-bond acceptors (Lipinski definition) is 8. The normalized spacial score (nSPS) is 12.7. The fourth-order valence-corrected chi connectivity index (χ4v) is 6.54. The average molecular weight is 604 g/mol. The van der Waals surface area contributed by atoms with E-state index in [1.54, 1.807) is 59.6 Å². The van der Waals surface area contributed by atoms with E-state index in [0.717, 1.165) is 0 Å². The topological polar surface area (TPSA) is 124 Å². The Hall–Kier alpha value is -4.64. The fraction of sp³-hybridized carbons (Fsp3) is 0.281. The molecule has 1 aliphatic rings. The lowest BCUT2D eigenvalue weighted by molar-refractivity contribution is -0.118. The molecule has 0 fully saturated rings. The van der Waals surface area contributed by atoms with Crippen molar-refractivity contribution in [2.45, 2.75) is 39.5 Å². The van der Waals surface area contributed by atoms with E-state index in [4.69, 9.17) is 14.2 Å². The Morgan fingerprint density at radius 2 is 1.77 bits per heavy atom. The number of rotatable bonds is 11. The number of carbonyl (C=O) groups is 2. The van der Waals surface area contributed by atoms with Gasteiger partial charge < -0.3 is 19.1 Å². The molecule has 1 aliphatic heterocycles. The van der Waals surface area contributed by atoms with Gasteiger partial charge in [-0.05, 0) is 56.2 Å². The summed E-state index contributed by atoms with van der Waals surface area (Å²) in [6.07, 6.45) is 1.54. The number of para-hydroxylation sites is 1. The van der Waals surface area contributed by atoms with Crippen LogP contribution >= 0.6 is 0 Å². The van der Waals surface area contributed by atoms with Crippen LogP contribution in [0.2, 0.25) is 0 Å². The highest BCUT2D eigenvalue weighted by atomic mass is 32.2. The number of nitrogens with one attached hydrogen (secondary N) is 1. The molecule has 0 atom stereocenters. The molecule has 0 radical (unpaired) electrons. The second-order valence-electron chi connectivity index (χ2n) is 10.1. The molecule has 1 N–H and O–H groups in total. The number of fused-ring (bicyclic) bond motifs is 2. The number of benzene rings is 3. The molecule has 10 nitrogen and oxygen atoms in total. The SMILES string of the molecule is CCOc1c2c(c(OCC)c3ncccc13)CN(c1ccc(CS(=O)(=O)NC(=O)Cc3ccccc3OC)cc1C)C2=O. The summed E-state index contributed by atoms with van der Waals surface area (Å²) in [7, 11) is -2.49. The molecular formula is C32H33N3O7S. The van der Waals surface area contributed by atoms with Crippen molar-refractivity contribution in [3.8, 4) is 17.2 Å². The van der Waals surface area contributed by atoms with Crippen molar-refractivity contribution in [3.63, 3.8) is 0 Å². The molecule has 3 aromatic carbocycles. The predicted octanol–water partition coefficient (Wildman–Crippen LogP) is 4.70. The number of hydrogen-bond donors (Lipinski definition) is 1. The molecule has 11 heteroatoms. The van der Waals surface area contributed by atoms with E-state index < -0.39 is 21.7 Å². The first kappa shape index (κ1) is 29.8. The quantitative estimate of drug-likeness (QED) is 0.262. The number of nitrogens with zero attached hydrogens (tertiary/aromatic N) is 2. The first-order valence-electron chi connectivity index (χ1n) is 13.9. The molecule has 0 unspecified atom stereocenters. The molecule has 0 aliphatic carbocycles. The maximum absolute atomic E-state index is 13.9. The van der Waals surface area contributed by atoms with E-state index in [1.165, 1.54) is 7.11 Å². The Balaban J connectivity index is 1.39. The first-order chi connectivity index (χ1) is 20.7. The van der Waals surface area contributed by atoms with Crippen LogP contribution in [0, 0.1) is 6.92 Å². The van der Waals surface area contributed by atoms with E-state index in [-0.39, 0.29) is 18.9 Å². The van der Waals surface area contributed by atoms with Gasteiger partial charge in [-0.1, -0.05) is 30.3 Å². The van der Waals surface area contributed by atoms with Crippen LogP contribution in [0.4, 0.5) is 5.69 Å². The van der Waals surface area contributed by atoms with Crippen molar-refractivity contribution in [2.75, 3.05) is 25.2 Å². The molecule has 224 valence electrons. The number of anilines is 1. The molecule has 0 saturated heterocycles. The number of sulfonamides is 1. The zero-order valence-corrected chi connectivity index (χ0v) is 25.3. The highest BCUT2D eigenvalue weighted by Crippen LogP contribution is 2.45. The maximum Gasteiger partial charge on any atom is 0.262 e. The van der Waals surface area contributed by atoms with Crippen LogP contribution in [0.5, 0.6) is 17.2 Å². The van der Waals surface area contributed by atoms with Gasteiger partial charge in [-0.2, -0.15) is 0 Å². The van der Waals surface area contributed by atoms with E-state index in [1.807, 2.05) is 26.8 Å². The molecule has 5 rings (SSSR count). The third kappa shape index (κ3) is 5.98. The van der Waals surface area contributed by atoms with Gasteiger partial charge >= 0.3 is 0 Å². The second-order valence-corrected chi connectivity index (χ2v) is 11.8. The number of carbonyl (C=O) groups excluding carboxylic acids is 2. The molecule has 2 heterocycles. The summed E-state index contributed by atoms with van der Waals surface area (Å²) >= 11 is 0. The molecule has 0 bridgehead atoms. The molecule has 4 aromatic rings. The second kappa shape index (κ2) is 12.3. The fourth-order valence-electron chi connectivity index (χ4n) is 5.43. The Kier molecular flexibility index (Phi) is 8.54. The van der Waals surface area contributed by atoms with Crippen LogP contribution in [0.25, 0.3) is 10.9 Å². The highest BCUT2D eigenvalue weighted by Gasteiger charge is 2.37. The zero-order valence-electron chi connectivity index (χ0n) is 24.5. The number of amides is 2. The van der Waals surface area contributed by atoms with Gasteiger partial charge in [0.2, 0.25) is 15.9 Å². The Bertz CT molecular complexity index is 1820. The largest absolute Gasteiger partial charge is 0.496 e. The van der Waals surface area contributed by atoms with Crippen LogP contribution in [0.3, 0.4) is 0 Å². The standard InChI is InChI=1S/C32H33N3O7S/c1-5-41-30-23-11-9-15-33-29(23)31(42-6-2)24-18-35(32(37)28(24)30)25-14-13-21(16-20(25)3)19-43(38,39)34-27(36)17-22-10-7-8-12-26(22)40-4/h7-16H,5-6,17-19H2,1-4H3,(H,34,36). The van der Waals surface area contributed by atoms with Gasteiger partial charge in [0.1, 0.15) is 17.0 Å². The van der Waals surface area contributed by atoms with Crippen molar-refractivity contribution < 1.29 is 32.2 Å². The van der Waals surface area contributed by atoms with Gasteiger partial charge in [0.05, 0.1) is 44.6 Å². The summed E-state index contributed by atoms with van der Waals surface area (Å²) in [4.78, 5) is 32.6. The Labute approximate surface area is 250 Å².